The first-order chi connectivity index (χ1) is 8.19. The maximum absolute atomic E-state index is 8.92. The number of rotatable bonds is 3. The molecule has 2 heterocycles. The fourth-order valence-corrected chi connectivity index (χ4v) is 2.57. The molecule has 2 aromatic heterocycles. The smallest absolute Gasteiger partial charge is 0.223 e. The summed E-state index contributed by atoms with van der Waals surface area (Å²) in [6.45, 7) is 5.82. The first-order valence-electron chi connectivity index (χ1n) is 5.41. The van der Waals surface area contributed by atoms with Crippen molar-refractivity contribution in [1.82, 2.24) is 9.97 Å². The van der Waals surface area contributed by atoms with Gasteiger partial charge in [-0.1, -0.05) is 0 Å². The van der Waals surface area contributed by atoms with Crippen molar-refractivity contribution in [2.45, 2.75) is 13.8 Å². The van der Waals surface area contributed by atoms with Crippen molar-refractivity contribution in [3.8, 4) is 6.07 Å². The van der Waals surface area contributed by atoms with Gasteiger partial charge in [-0.2, -0.15) is 10.2 Å². The first-order valence-corrected chi connectivity index (χ1v) is 6.23. The summed E-state index contributed by atoms with van der Waals surface area (Å²) in [5, 5.41) is 9.83. The quantitative estimate of drug-likeness (QED) is 0.897. The number of nitrogens with two attached hydrogens (primary N) is 1. The number of thiophene rings is 1. The topological polar surface area (TPSA) is 78.8 Å². The number of nitrogen functional groups attached to an aromatic ring is 1. The summed E-state index contributed by atoms with van der Waals surface area (Å²) in [5.74, 6) is 1.07. The lowest BCUT2D eigenvalue weighted by molar-refractivity contribution is 0.851. The van der Waals surface area contributed by atoms with Gasteiger partial charge in [-0.05, 0) is 19.9 Å². The van der Waals surface area contributed by atoms with Crippen LogP contribution in [0.25, 0.3) is 10.2 Å². The third-order valence-electron chi connectivity index (χ3n) is 2.56. The molecule has 5 nitrogen and oxygen atoms in total. The number of fused-ring (bicyclic) bond motifs is 1. The number of nitrogens with zero attached hydrogens (tertiary/aromatic N) is 4. The minimum absolute atomic E-state index is 0.255. The van der Waals surface area contributed by atoms with E-state index in [4.69, 9.17) is 11.0 Å². The minimum Gasteiger partial charge on any atom is -0.368 e. The largest absolute Gasteiger partial charge is 0.368 e. The van der Waals surface area contributed by atoms with Crippen LogP contribution in [0, 0.1) is 11.3 Å². The van der Waals surface area contributed by atoms with Gasteiger partial charge in [0.25, 0.3) is 0 Å². The fraction of sp³-hybridized carbons (Fsp3) is 0.364. The lowest BCUT2D eigenvalue weighted by atomic mass is 10.3. The Bertz CT molecular complexity index is 579. The SMILES string of the molecule is CCN(CC)c1nc(N)nc2sc(C#N)cc12. The Morgan fingerprint density at radius 1 is 1.41 bits per heavy atom. The van der Waals surface area contributed by atoms with Crippen LogP contribution in [0.1, 0.15) is 18.7 Å². The standard InChI is InChI=1S/C11H13N5S/c1-3-16(4-2)9-8-5-7(6-12)17-10(8)15-11(13)14-9/h5H,3-4H2,1-2H3,(H2,13,14,15). The molecule has 0 amide bonds. The van der Waals surface area contributed by atoms with Crippen LogP contribution in [0.15, 0.2) is 6.07 Å². The summed E-state index contributed by atoms with van der Waals surface area (Å²) in [4.78, 5) is 12.0. The summed E-state index contributed by atoms with van der Waals surface area (Å²) in [6, 6.07) is 3.96. The summed E-state index contributed by atoms with van der Waals surface area (Å²) in [7, 11) is 0. The van der Waals surface area contributed by atoms with E-state index in [0.29, 0.717) is 4.88 Å². The highest BCUT2D eigenvalue weighted by Crippen LogP contribution is 2.31. The second-order valence-electron chi connectivity index (χ2n) is 3.52. The van der Waals surface area contributed by atoms with Gasteiger partial charge in [0, 0.05) is 13.1 Å². The van der Waals surface area contributed by atoms with E-state index in [9.17, 15) is 0 Å². The molecule has 0 aliphatic carbocycles. The summed E-state index contributed by atoms with van der Waals surface area (Å²) in [6.07, 6.45) is 0. The number of anilines is 2. The summed E-state index contributed by atoms with van der Waals surface area (Å²) >= 11 is 1.35. The Kier molecular flexibility index (Phi) is 3.11. The van der Waals surface area contributed by atoms with Crippen LogP contribution in [0.5, 0.6) is 0 Å². The molecule has 0 aliphatic rings. The first kappa shape index (κ1) is 11.6. The predicted octanol–water partition coefficient (Wildman–Crippen LogP) is 1.99. The number of hydrogen-bond donors (Lipinski definition) is 1. The van der Waals surface area contributed by atoms with Crippen molar-refractivity contribution in [2.24, 2.45) is 0 Å². The Balaban J connectivity index is 2.68. The predicted molar refractivity (Wildman–Crippen MR) is 70.1 cm³/mol. The van der Waals surface area contributed by atoms with E-state index in [1.54, 1.807) is 0 Å². The summed E-state index contributed by atoms with van der Waals surface area (Å²) in [5.41, 5.74) is 5.70. The molecule has 0 spiro atoms. The number of aromatic nitrogens is 2. The molecular formula is C11H13N5S. The number of nitriles is 1. The molecule has 2 N–H and O–H groups in total. The van der Waals surface area contributed by atoms with E-state index in [1.807, 2.05) is 6.07 Å². The van der Waals surface area contributed by atoms with Gasteiger partial charge in [0.1, 0.15) is 21.6 Å². The normalized spacial score (nSPS) is 10.4. The van der Waals surface area contributed by atoms with Crippen LogP contribution in [0.3, 0.4) is 0 Å². The van der Waals surface area contributed by atoms with E-state index in [1.165, 1.54) is 11.3 Å². The van der Waals surface area contributed by atoms with Crippen LogP contribution >= 0.6 is 11.3 Å². The zero-order valence-corrected chi connectivity index (χ0v) is 10.6. The maximum atomic E-state index is 8.92. The molecule has 6 heteroatoms. The molecule has 0 fully saturated rings. The number of hydrogen-bond acceptors (Lipinski definition) is 6. The van der Waals surface area contributed by atoms with Crippen molar-refractivity contribution in [2.75, 3.05) is 23.7 Å². The highest BCUT2D eigenvalue weighted by atomic mass is 32.1. The van der Waals surface area contributed by atoms with Crippen LogP contribution in [0.4, 0.5) is 11.8 Å². The molecule has 0 atom stereocenters. The van der Waals surface area contributed by atoms with Crippen LogP contribution in [-0.4, -0.2) is 23.1 Å². The van der Waals surface area contributed by atoms with Crippen LogP contribution in [0.2, 0.25) is 0 Å². The lowest BCUT2D eigenvalue weighted by Crippen LogP contribution is -2.23. The Morgan fingerprint density at radius 2 is 2.12 bits per heavy atom. The molecule has 0 unspecified atom stereocenters. The summed E-state index contributed by atoms with van der Waals surface area (Å²) < 4.78 is 0. The van der Waals surface area contributed by atoms with Gasteiger partial charge in [0.2, 0.25) is 5.95 Å². The van der Waals surface area contributed by atoms with E-state index in [-0.39, 0.29) is 5.95 Å². The van der Waals surface area contributed by atoms with Gasteiger partial charge in [-0.15, -0.1) is 11.3 Å². The molecule has 0 aromatic carbocycles. The highest BCUT2D eigenvalue weighted by Gasteiger charge is 2.14. The van der Waals surface area contributed by atoms with E-state index < -0.39 is 0 Å². The van der Waals surface area contributed by atoms with Gasteiger partial charge in [-0.3, -0.25) is 0 Å². The van der Waals surface area contributed by atoms with E-state index in [2.05, 4.69) is 34.8 Å². The molecule has 2 rings (SSSR count). The van der Waals surface area contributed by atoms with E-state index in [0.717, 1.165) is 29.1 Å². The molecule has 88 valence electrons. The van der Waals surface area contributed by atoms with Gasteiger partial charge in [0.05, 0.1) is 5.39 Å². The van der Waals surface area contributed by atoms with Gasteiger partial charge in [0.15, 0.2) is 0 Å². The van der Waals surface area contributed by atoms with Crippen LogP contribution in [-0.2, 0) is 0 Å². The van der Waals surface area contributed by atoms with Crippen LogP contribution < -0.4 is 10.6 Å². The molecule has 17 heavy (non-hydrogen) atoms. The molecule has 0 radical (unpaired) electrons. The fourth-order valence-electron chi connectivity index (χ4n) is 1.74. The Morgan fingerprint density at radius 3 is 2.71 bits per heavy atom. The van der Waals surface area contributed by atoms with Crippen molar-refractivity contribution >= 4 is 33.3 Å². The monoisotopic (exact) mass is 247 g/mol. The molecule has 0 bridgehead atoms. The second kappa shape index (κ2) is 4.55. The van der Waals surface area contributed by atoms with Crippen molar-refractivity contribution < 1.29 is 0 Å². The molecule has 0 aliphatic heterocycles. The van der Waals surface area contributed by atoms with E-state index >= 15 is 0 Å². The zero-order chi connectivity index (χ0) is 12.4. The van der Waals surface area contributed by atoms with Crippen molar-refractivity contribution in [3.63, 3.8) is 0 Å². The third-order valence-corrected chi connectivity index (χ3v) is 3.50. The van der Waals surface area contributed by atoms with Gasteiger partial charge in [-0.25, -0.2) is 4.98 Å². The highest BCUT2D eigenvalue weighted by molar-refractivity contribution is 7.19. The molecular weight excluding hydrogens is 234 g/mol. The molecule has 2 aromatic rings. The van der Waals surface area contributed by atoms with Crippen molar-refractivity contribution in [1.29, 1.82) is 5.26 Å². The Hall–Kier alpha value is -1.87. The lowest BCUT2D eigenvalue weighted by Gasteiger charge is -2.20. The van der Waals surface area contributed by atoms with Crippen molar-refractivity contribution in [3.05, 3.63) is 10.9 Å². The van der Waals surface area contributed by atoms with Gasteiger partial charge < -0.3 is 10.6 Å². The van der Waals surface area contributed by atoms with Gasteiger partial charge >= 0.3 is 0 Å². The molecule has 0 saturated carbocycles. The third kappa shape index (κ3) is 2.01. The zero-order valence-electron chi connectivity index (χ0n) is 9.77. The average molecular weight is 247 g/mol. The average Bonchev–Trinajstić information content (AvgIpc) is 2.73. The maximum Gasteiger partial charge on any atom is 0.223 e. The second-order valence-corrected chi connectivity index (χ2v) is 4.55. The minimum atomic E-state index is 0.255. The Labute approximate surface area is 104 Å². The molecule has 0 saturated heterocycles.